The molecule has 0 aromatic carbocycles. The molecule has 1 aromatic rings. The van der Waals surface area contributed by atoms with Crippen LogP contribution in [-0.2, 0) is 11.2 Å². The predicted molar refractivity (Wildman–Crippen MR) is 114 cm³/mol. The van der Waals surface area contributed by atoms with Gasteiger partial charge in [-0.2, -0.15) is 4.98 Å². The van der Waals surface area contributed by atoms with Crippen molar-refractivity contribution in [3.8, 4) is 0 Å². The van der Waals surface area contributed by atoms with E-state index >= 15 is 0 Å². The summed E-state index contributed by atoms with van der Waals surface area (Å²) in [6.45, 7) is 10.5. The van der Waals surface area contributed by atoms with E-state index in [0.29, 0.717) is 18.9 Å². The van der Waals surface area contributed by atoms with Gasteiger partial charge in [-0.1, -0.05) is 19.0 Å². The van der Waals surface area contributed by atoms with Crippen molar-refractivity contribution >= 4 is 12.1 Å². The van der Waals surface area contributed by atoms with Crippen LogP contribution in [0.5, 0.6) is 0 Å². The minimum Gasteiger partial charge on any atom is -0.444 e. The van der Waals surface area contributed by atoms with Gasteiger partial charge in [0.1, 0.15) is 5.60 Å². The normalized spacial score (nSPS) is 24.3. The van der Waals surface area contributed by atoms with Gasteiger partial charge in [-0.25, -0.2) is 4.79 Å². The number of piperidine rings is 1. The van der Waals surface area contributed by atoms with Crippen molar-refractivity contribution in [2.24, 2.45) is 4.99 Å². The number of guanidine groups is 1. The third-order valence-electron chi connectivity index (χ3n) is 5.53. The fraction of sp³-hybridized carbons (Fsp3) is 0.810. The Balaban J connectivity index is 1.47. The third-order valence-corrected chi connectivity index (χ3v) is 5.53. The molecule has 3 rings (SSSR count). The highest BCUT2D eigenvalue weighted by Gasteiger charge is 2.45. The molecular weight excluding hydrogens is 384 g/mol. The molecule has 168 valence electrons. The Morgan fingerprint density at radius 3 is 2.50 bits per heavy atom. The molecule has 2 saturated heterocycles. The van der Waals surface area contributed by atoms with Gasteiger partial charge in [0, 0.05) is 44.1 Å². The monoisotopic (exact) mass is 420 g/mol. The van der Waals surface area contributed by atoms with Gasteiger partial charge in [-0.15, -0.1) is 0 Å². The highest BCUT2D eigenvalue weighted by molar-refractivity contribution is 5.80. The summed E-state index contributed by atoms with van der Waals surface area (Å²) in [5.41, 5.74) is -0.466. The fourth-order valence-corrected chi connectivity index (χ4v) is 4.19. The van der Waals surface area contributed by atoms with Crippen LogP contribution >= 0.6 is 0 Å². The highest BCUT2D eigenvalue weighted by atomic mass is 16.6. The van der Waals surface area contributed by atoms with E-state index in [1.54, 1.807) is 7.05 Å². The Morgan fingerprint density at radius 2 is 1.97 bits per heavy atom. The topological polar surface area (TPSA) is 105 Å². The maximum absolute atomic E-state index is 12.6. The van der Waals surface area contributed by atoms with Crippen molar-refractivity contribution in [2.45, 2.75) is 96.4 Å². The van der Waals surface area contributed by atoms with Crippen molar-refractivity contribution in [3.63, 3.8) is 0 Å². The Kier molecular flexibility index (Phi) is 6.88. The van der Waals surface area contributed by atoms with Gasteiger partial charge in [0.05, 0.1) is 0 Å². The van der Waals surface area contributed by atoms with Gasteiger partial charge in [0.25, 0.3) is 0 Å². The number of fused-ring (bicyclic) bond motifs is 2. The molecule has 0 spiro atoms. The molecule has 3 heterocycles. The van der Waals surface area contributed by atoms with E-state index in [0.717, 1.165) is 37.5 Å². The molecular formula is C21H36N6O3. The number of carbonyl (C=O) groups is 1. The van der Waals surface area contributed by atoms with Crippen LogP contribution in [0.15, 0.2) is 9.52 Å². The van der Waals surface area contributed by atoms with Crippen molar-refractivity contribution in [1.82, 2.24) is 25.7 Å². The highest BCUT2D eigenvalue weighted by Crippen LogP contribution is 2.36. The molecule has 1 amide bonds. The maximum Gasteiger partial charge on any atom is 0.410 e. The van der Waals surface area contributed by atoms with E-state index in [4.69, 9.17) is 9.26 Å². The van der Waals surface area contributed by atoms with E-state index < -0.39 is 5.60 Å². The SMILES string of the molecule is CN=C(NCCc1nc(C(C)C)no1)NC1CC2CCC(C1)N2C(=O)OC(C)(C)C. The van der Waals surface area contributed by atoms with E-state index in [2.05, 4.69) is 25.8 Å². The van der Waals surface area contributed by atoms with Crippen LogP contribution in [-0.4, -0.2) is 64.4 Å². The van der Waals surface area contributed by atoms with Crippen LogP contribution in [0.2, 0.25) is 0 Å². The zero-order chi connectivity index (χ0) is 21.9. The number of carbonyl (C=O) groups excluding carboxylic acids is 1. The molecule has 30 heavy (non-hydrogen) atoms. The number of aliphatic imine (C=N–C) groups is 1. The lowest BCUT2D eigenvalue weighted by molar-refractivity contribution is 0.00545. The number of hydrogen-bond donors (Lipinski definition) is 2. The first kappa shape index (κ1) is 22.4. The number of aromatic nitrogens is 2. The third kappa shape index (κ3) is 5.64. The quantitative estimate of drug-likeness (QED) is 0.557. The second-order valence-corrected chi connectivity index (χ2v) is 9.54. The molecule has 0 aliphatic carbocycles. The number of nitrogens with one attached hydrogen (secondary N) is 2. The molecule has 2 fully saturated rings. The summed E-state index contributed by atoms with van der Waals surface area (Å²) in [5, 5.41) is 10.8. The summed E-state index contributed by atoms with van der Waals surface area (Å²) in [4.78, 5) is 23.3. The summed E-state index contributed by atoms with van der Waals surface area (Å²) in [6.07, 6.45) is 4.32. The number of rotatable bonds is 5. The first-order valence-electron chi connectivity index (χ1n) is 11.0. The van der Waals surface area contributed by atoms with Crippen molar-refractivity contribution in [3.05, 3.63) is 11.7 Å². The molecule has 2 atom stereocenters. The minimum atomic E-state index is -0.466. The molecule has 2 unspecified atom stereocenters. The average Bonchev–Trinajstić information content (AvgIpc) is 3.22. The van der Waals surface area contributed by atoms with Crippen LogP contribution in [0.25, 0.3) is 0 Å². The van der Waals surface area contributed by atoms with Gasteiger partial charge < -0.3 is 24.8 Å². The average molecular weight is 421 g/mol. The largest absolute Gasteiger partial charge is 0.444 e. The predicted octanol–water partition coefficient (Wildman–Crippen LogP) is 2.83. The molecule has 2 bridgehead atoms. The van der Waals surface area contributed by atoms with Crippen molar-refractivity contribution in [1.29, 1.82) is 0 Å². The molecule has 0 saturated carbocycles. The zero-order valence-electron chi connectivity index (χ0n) is 19.1. The lowest BCUT2D eigenvalue weighted by atomic mass is 9.98. The molecule has 1 aromatic heterocycles. The molecule has 2 N–H and O–H groups in total. The first-order valence-corrected chi connectivity index (χ1v) is 11.0. The van der Waals surface area contributed by atoms with Crippen molar-refractivity contribution in [2.75, 3.05) is 13.6 Å². The zero-order valence-corrected chi connectivity index (χ0v) is 19.1. The molecule has 9 heteroatoms. The molecule has 9 nitrogen and oxygen atoms in total. The summed E-state index contributed by atoms with van der Waals surface area (Å²) >= 11 is 0. The van der Waals surface area contributed by atoms with Crippen LogP contribution < -0.4 is 10.6 Å². The van der Waals surface area contributed by atoms with E-state index in [9.17, 15) is 4.79 Å². The van der Waals surface area contributed by atoms with Gasteiger partial charge in [-0.05, 0) is 46.5 Å². The second kappa shape index (κ2) is 9.22. The summed E-state index contributed by atoms with van der Waals surface area (Å²) in [6, 6.07) is 0.729. The van der Waals surface area contributed by atoms with Crippen molar-refractivity contribution < 1.29 is 14.1 Å². The number of nitrogens with zero attached hydrogens (tertiary/aromatic N) is 4. The van der Waals surface area contributed by atoms with Crippen LogP contribution in [0.4, 0.5) is 4.79 Å². The summed E-state index contributed by atoms with van der Waals surface area (Å²) < 4.78 is 10.9. The van der Waals surface area contributed by atoms with Gasteiger partial charge >= 0.3 is 6.09 Å². The molecule has 2 aliphatic heterocycles. The Hall–Kier alpha value is -2.32. The van der Waals surface area contributed by atoms with Crippen LogP contribution in [0, 0.1) is 0 Å². The standard InChI is InChI=1S/C21H36N6O3/c1-13(2)18-25-17(30-26-18)9-10-23-19(22-6)24-14-11-15-7-8-16(12-14)27(15)20(28)29-21(3,4)5/h13-16H,7-12H2,1-6H3,(H2,22,23,24). The van der Waals surface area contributed by atoms with E-state index in [-0.39, 0.29) is 30.1 Å². The van der Waals surface area contributed by atoms with Gasteiger partial charge in [0.15, 0.2) is 11.8 Å². The maximum atomic E-state index is 12.6. The van der Waals surface area contributed by atoms with E-state index in [1.807, 2.05) is 39.5 Å². The van der Waals surface area contributed by atoms with Gasteiger partial charge in [-0.3, -0.25) is 4.99 Å². The molecule has 0 radical (unpaired) electrons. The number of ether oxygens (including phenoxy) is 1. The van der Waals surface area contributed by atoms with Crippen LogP contribution in [0.3, 0.4) is 0 Å². The molecule has 2 aliphatic rings. The summed E-state index contributed by atoms with van der Waals surface area (Å²) in [7, 11) is 1.77. The second-order valence-electron chi connectivity index (χ2n) is 9.54. The lowest BCUT2D eigenvalue weighted by Gasteiger charge is -2.40. The van der Waals surface area contributed by atoms with Crippen LogP contribution in [0.1, 0.15) is 77.9 Å². The Bertz CT molecular complexity index is 740. The van der Waals surface area contributed by atoms with E-state index in [1.165, 1.54) is 0 Å². The lowest BCUT2D eigenvalue weighted by Crippen LogP contribution is -2.55. The fourth-order valence-electron chi connectivity index (χ4n) is 4.19. The number of hydrogen-bond acceptors (Lipinski definition) is 6. The Labute approximate surface area is 179 Å². The van der Waals surface area contributed by atoms with Gasteiger partial charge in [0.2, 0.25) is 5.89 Å². The minimum absolute atomic E-state index is 0.184. The number of amides is 1. The first-order chi connectivity index (χ1) is 14.2. The summed E-state index contributed by atoms with van der Waals surface area (Å²) in [5.74, 6) is 2.38. The Morgan fingerprint density at radius 1 is 1.30 bits per heavy atom. The smallest absolute Gasteiger partial charge is 0.410 e.